The van der Waals surface area contributed by atoms with Gasteiger partial charge in [-0.05, 0) is 120 Å². The van der Waals surface area contributed by atoms with E-state index < -0.39 is 0 Å². The smallest absolute Gasteiger partial charge is 0.0319 e. The fraction of sp³-hybridized carbons (Fsp3) is 0.0741. The number of aliphatic hydroxyl groups excluding tert-OH is 1. The van der Waals surface area contributed by atoms with Crippen LogP contribution < -0.4 is 0 Å². The summed E-state index contributed by atoms with van der Waals surface area (Å²) in [6.07, 6.45) is 0. The molecule has 0 spiro atoms. The van der Waals surface area contributed by atoms with Crippen molar-refractivity contribution in [2.75, 3.05) is 7.11 Å². The van der Waals surface area contributed by atoms with Crippen LogP contribution in [-0.4, -0.2) is 12.2 Å². The fourth-order valence-corrected chi connectivity index (χ4v) is 8.34. The van der Waals surface area contributed by atoms with Crippen LogP contribution in [-0.2, 0) is 0 Å². The van der Waals surface area contributed by atoms with Crippen molar-refractivity contribution >= 4 is 21.5 Å². The molecule has 0 aliphatic heterocycles. The van der Waals surface area contributed by atoms with Gasteiger partial charge < -0.3 is 5.11 Å². The number of hydrogen-bond donors (Lipinski definition) is 1. The molecule has 1 N–H and O–H groups in total. The van der Waals surface area contributed by atoms with E-state index in [0.29, 0.717) is 0 Å². The standard InChI is InChI=1S/C39H26.C14H14.CH4O/c1-25-19-21-26(22-20-25)29-23-24-34-37-30(29)17-10-18-33(37)38-35(27-11-4-2-5-12-27)31-15-8-9-16-32(31)36(39(34)38)28-13-6-3-7-14-28;1-11-7-3-5-9-13(11)14-10-6-4-8-12(14)2;1-2/h2-24H,1H3;3-10H,1-2H3;2H,1H3. The largest absolute Gasteiger partial charge is 0.400 e. The van der Waals surface area contributed by atoms with E-state index in [1.54, 1.807) is 0 Å². The Morgan fingerprint density at radius 2 is 0.673 bits per heavy atom. The van der Waals surface area contributed by atoms with Gasteiger partial charge in [0.15, 0.2) is 0 Å². The SMILES string of the molecule is CO.Cc1ccc(-c2ccc3c4c(cccc24)-c2c-3c(-c3ccccc3)c3ccccc3c2-c2ccccc2)cc1.Cc1ccccc1-c1ccccc1C. The maximum Gasteiger partial charge on any atom is 0.0319 e. The zero-order chi connectivity index (χ0) is 37.9. The zero-order valence-electron chi connectivity index (χ0n) is 31.8. The van der Waals surface area contributed by atoms with Crippen LogP contribution >= 0.6 is 0 Å². The lowest BCUT2D eigenvalue weighted by Crippen LogP contribution is -1.93. The molecule has 0 heterocycles. The fourth-order valence-electron chi connectivity index (χ4n) is 8.34. The van der Waals surface area contributed by atoms with Gasteiger partial charge in [0.2, 0.25) is 0 Å². The van der Waals surface area contributed by atoms with Gasteiger partial charge in [-0.3, -0.25) is 0 Å². The van der Waals surface area contributed by atoms with Crippen molar-refractivity contribution in [3.63, 3.8) is 0 Å². The molecule has 0 radical (unpaired) electrons. The summed E-state index contributed by atoms with van der Waals surface area (Å²) in [4.78, 5) is 0. The van der Waals surface area contributed by atoms with Crippen LogP contribution in [0.1, 0.15) is 16.7 Å². The van der Waals surface area contributed by atoms with Gasteiger partial charge in [0.25, 0.3) is 0 Å². The van der Waals surface area contributed by atoms with Crippen LogP contribution in [0.25, 0.3) is 88.3 Å². The third-order valence-corrected chi connectivity index (χ3v) is 10.9. The second-order valence-corrected chi connectivity index (χ2v) is 14.2. The molecular weight excluding hydrogens is 665 g/mol. The average Bonchev–Trinajstić information content (AvgIpc) is 3.57. The van der Waals surface area contributed by atoms with Crippen LogP contribution in [0.5, 0.6) is 0 Å². The van der Waals surface area contributed by atoms with E-state index in [1.807, 2.05) is 0 Å². The highest BCUT2D eigenvalue weighted by atomic mass is 16.2. The van der Waals surface area contributed by atoms with Gasteiger partial charge in [0, 0.05) is 7.11 Å². The van der Waals surface area contributed by atoms with Gasteiger partial charge >= 0.3 is 0 Å². The lowest BCUT2D eigenvalue weighted by atomic mass is 9.82. The average molecular weight is 709 g/mol. The van der Waals surface area contributed by atoms with Crippen molar-refractivity contribution in [3.8, 4) is 66.8 Å². The molecule has 0 aromatic heterocycles. The molecule has 9 aromatic carbocycles. The Hall–Kier alpha value is -6.54. The normalized spacial score (nSPS) is 11.0. The Labute approximate surface area is 324 Å². The minimum atomic E-state index is 1.00. The quantitative estimate of drug-likeness (QED) is 0.193. The Morgan fingerprint density at radius 3 is 1.18 bits per heavy atom. The molecule has 266 valence electrons. The Morgan fingerprint density at radius 1 is 0.273 bits per heavy atom. The highest BCUT2D eigenvalue weighted by Crippen LogP contribution is 2.58. The Balaban J connectivity index is 0.000000225. The van der Waals surface area contributed by atoms with Crippen molar-refractivity contribution in [1.82, 2.24) is 0 Å². The summed E-state index contributed by atoms with van der Waals surface area (Å²) in [5.74, 6) is 0. The van der Waals surface area contributed by atoms with E-state index in [1.165, 1.54) is 105 Å². The molecule has 0 bridgehead atoms. The van der Waals surface area contributed by atoms with E-state index >= 15 is 0 Å². The van der Waals surface area contributed by atoms with Crippen molar-refractivity contribution in [3.05, 3.63) is 205 Å². The predicted octanol–water partition coefficient (Wildman–Crippen LogP) is 14.5. The molecule has 0 saturated carbocycles. The maximum atomic E-state index is 7.00. The molecule has 10 rings (SSSR count). The predicted molar refractivity (Wildman–Crippen MR) is 236 cm³/mol. The minimum Gasteiger partial charge on any atom is -0.400 e. The molecule has 0 unspecified atom stereocenters. The third kappa shape index (κ3) is 6.43. The zero-order valence-corrected chi connectivity index (χ0v) is 31.8. The molecular formula is C54H44O. The summed E-state index contributed by atoms with van der Waals surface area (Å²) >= 11 is 0. The van der Waals surface area contributed by atoms with E-state index in [9.17, 15) is 0 Å². The highest BCUT2D eigenvalue weighted by Gasteiger charge is 2.31. The van der Waals surface area contributed by atoms with E-state index in [4.69, 9.17) is 5.11 Å². The lowest BCUT2D eigenvalue weighted by molar-refractivity contribution is 0.399. The molecule has 0 fully saturated rings. The first-order valence-electron chi connectivity index (χ1n) is 19.0. The van der Waals surface area contributed by atoms with Crippen molar-refractivity contribution < 1.29 is 5.11 Å². The molecule has 0 atom stereocenters. The monoisotopic (exact) mass is 708 g/mol. The van der Waals surface area contributed by atoms with Gasteiger partial charge in [-0.1, -0.05) is 194 Å². The van der Waals surface area contributed by atoms with E-state index in [0.717, 1.165) is 7.11 Å². The Kier molecular flexibility index (Phi) is 9.96. The number of benzene rings is 9. The summed E-state index contributed by atoms with van der Waals surface area (Å²) < 4.78 is 0. The molecule has 1 aliphatic carbocycles. The maximum absolute atomic E-state index is 7.00. The van der Waals surface area contributed by atoms with Crippen molar-refractivity contribution in [2.45, 2.75) is 20.8 Å². The lowest BCUT2D eigenvalue weighted by Gasteiger charge is -2.20. The van der Waals surface area contributed by atoms with Gasteiger partial charge in [0.05, 0.1) is 0 Å². The molecule has 1 heteroatoms. The molecule has 0 saturated heterocycles. The first-order valence-corrected chi connectivity index (χ1v) is 19.0. The first-order chi connectivity index (χ1) is 27.1. The van der Waals surface area contributed by atoms with E-state index in [2.05, 4.69) is 209 Å². The van der Waals surface area contributed by atoms with Crippen LogP contribution in [0.4, 0.5) is 0 Å². The van der Waals surface area contributed by atoms with Gasteiger partial charge in [-0.15, -0.1) is 0 Å². The molecule has 1 nitrogen and oxygen atoms in total. The molecule has 9 aromatic rings. The third-order valence-electron chi connectivity index (χ3n) is 10.9. The second-order valence-electron chi connectivity index (χ2n) is 14.2. The Bertz CT molecular complexity index is 2640. The topological polar surface area (TPSA) is 20.2 Å². The number of hydrogen-bond acceptors (Lipinski definition) is 1. The summed E-state index contributed by atoms with van der Waals surface area (Å²) in [6.45, 7) is 6.46. The first kappa shape index (κ1) is 35.5. The minimum absolute atomic E-state index is 1.00. The number of aryl methyl sites for hydroxylation is 3. The summed E-state index contributed by atoms with van der Waals surface area (Å²) in [5.41, 5.74) is 19.7. The molecule has 55 heavy (non-hydrogen) atoms. The summed E-state index contributed by atoms with van der Waals surface area (Å²) in [6, 6.07) is 68.3. The molecule has 0 amide bonds. The number of aliphatic hydroxyl groups is 1. The summed E-state index contributed by atoms with van der Waals surface area (Å²) in [7, 11) is 1.00. The van der Waals surface area contributed by atoms with Crippen LogP contribution in [0, 0.1) is 20.8 Å². The van der Waals surface area contributed by atoms with Gasteiger partial charge in [-0.2, -0.15) is 0 Å². The van der Waals surface area contributed by atoms with Gasteiger partial charge in [-0.25, -0.2) is 0 Å². The highest BCUT2D eigenvalue weighted by molar-refractivity contribution is 6.28. The van der Waals surface area contributed by atoms with Crippen molar-refractivity contribution in [2.24, 2.45) is 0 Å². The van der Waals surface area contributed by atoms with Crippen LogP contribution in [0.15, 0.2) is 188 Å². The summed E-state index contributed by atoms with van der Waals surface area (Å²) in [5, 5.41) is 12.3. The molecule has 1 aliphatic rings. The van der Waals surface area contributed by atoms with Crippen molar-refractivity contribution in [1.29, 1.82) is 0 Å². The van der Waals surface area contributed by atoms with Crippen LogP contribution in [0.2, 0.25) is 0 Å². The second kappa shape index (κ2) is 15.4. The number of fused-ring (bicyclic) bond motifs is 4. The van der Waals surface area contributed by atoms with E-state index in [-0.39, 0.29) is 0 Å². The van der Waals surface area contributed by atoms with Crippen LogP contribution in [0.3, 0.4) is 0 Å². The van der Waals surface area contributed by atoms with Gasteiger partial charge in [0.1, 0.15) is 0 Å². The number of rotatable bonds is 4.